The van der Waals surface area contributed by atoms with Crippen molar-refractivity contribution < 1.29 is 22.7 Å². The van der Waals surface area contributed by atoms with Gasteiger partial charge in [-0.3, -0.25) is 4.79 Å². The summed E-state index contributed by atoms with van der Waals surface area (Å²) in [6.45, 7) is 0. The first-order valence-corrected chi connectivity index (χ1v) is 8.79. The lowest BCUT2D eigenvalue weighted by atomic mass is 10.2. The van der Waals surface area contributed by atoms with E-state index in [0.29, 0.717) is 17.1 Å². The van der Waals surface area contributed by atoms with E-state index in [0.717, 1.165) is 4.31 Å². The molecule has 0 radical (unpaired) electrons. The first-order valence-electron chi connectivity index (χ1n) is 7.35. The molecule has 0 aliphatic rings. The second-order valence-corrected chi connectivity index (χ2v) is 7.48. The predicted molar refractivity (Wildman–Crippen MR) is 94.8 cm³/mol. The molecular weight excluding hydrogens is 344 g/mol. The molecule has 0 fully saturated rings. The van der Waals surface area contributed by atoms with Crippen molar-refractivity contribution in [1.82, 2.24) is 4.31 Å². The van der Waals surface area contributed by atoms with Gasteiger partial charge in [-0.05, 0) is 42.5 Å². The zero-order valence-corrected chi connectivity index (χ0v) is 15.3. The average molecular weight is 364 g/mol. The van der Waals surface area contributed by atoms with Crippen LogP contribution in [0.15, 0.2) is 47.4 Å². The van der Waals surface area contributed by atoms with Gasteiger partial charge in [0.05, 0.1) is 24.8 Å². The predicted octanol–water partition coefficient (Wildman–Crippen LogP) is 2.21. The van der Waals surface area contributed by atoms with Crippen LogP contribution in [-0.2, 0) is 10.0 Å². The molecule has 0 aliphatic carbocycles. The number of anilines is 1. The third-order valence-electron chi connectivity index (χ3n) is 3.55. The minimum atomic E-state index is -3.62. The molecule has 25 heavy (non-hydrogen) atoms. The fourth-order valence-electron chi connectivity index (χ4n) is 2.09. The second kappa shape index (κ2) is 7.54. The number of sulfonamides is 1. The minimum absolute atomic E-state index is 0.0586. The van der Waals surface area contributed by atoms with Crippen molar-refractivity contribution in [3.63, 3.8) is 0 Å². The van der Waals surface area contributed by atoms with E-state index in [9.17, 15) is 13.2 Å². The van der Waals surface area contributed by atoms with Gasteiger partial charge in [0.1, 0.15) is 11.5 Å². The largest absolute Gasteiger partial charge is 0.497 e. The highest BCUT2D eigenvalue weighted by molar-refractivity contribution is 7.89. The fraction of sp³-hybridized carbons (Fsp3) is 0.235. The van der Waals surface area contributed by atoms with Crippen LogP contribution in [0.5, 0.6) is 11.5 Å². The molecule has 0 unspecified atom stereocenters. The Hall–Kier alpha value is -2.58. The molecule has 0 spiro atoms. The molecule has 7 nitrogen and oxygen atoms in total. The lowest BCUT2D eigenvalue weighted by molar-refractivity contribution is 0.102. The van der Waals surface area contributed by atoms with Crippen molar-refractivity contribution in [2.24, 2.45) is 0 Å². The summed E-state index contributed by atoms with van der Waals surface area (Å²) in [7, 11) is 2.24. The van der Waals surface area contributed by atoms with Gasteiger partial charge in [-0.2, -0.15) is 0 Å². The van der Waals surface area contributed by atoms with Crippen LogP contribution in [0.4, 0.5) is 5.69 Å². The first-order chi connectivity index (χ1) is 11.8. The van der Waals surface area contributed by atoms with E-state index < -0.39 is 10.0 Å². The second-order valence-electron chi connectivity index (χ2n) is 5.33. The minimum Gasteiger partial charge on any atom is -0.497 e. The van der Waals surface area contributed by atoms with E-state index in [4.69, 9.17) is 9.47 Å². The third-order valence-corrected chi connectivity index (χ3v) is 5.36. The molecule has 0 saturated carbocycles. The smallest absolute Gasteiger partial charge is 0.255 e. The quantitative estimate of drug-likeness (QED) is 0.849. The van der Waals surface area contributed by atoms with Crippen molar-refractivity contribution in [3.8, 4) is 11.5 Å². The Bertz CT molecular complexity index is 861. The molecule has 0 bridgehead atoms. The highest BCUT2D eigenvalue weighted by Crippen LogP contribution is 2.29. The molecule has 2 aromatic carbocycles. The number of methoxy groups -OCH3 is 2. The van der Waals surface area contributed by atoms with Crippen LogP contribution in [0.25, 0.3) is 0 Å². The summed E-state index contributed by atoms with van der Waals surface area (Å²) in [6.07, 6.45) is 0. The van der Waals surface area contributed by atoms with Gasteiger partial charge < -0.3 is 14.8 Å². The topological polar surface area (TPSA) is 84.9 Å². The van der Waals surface area contributed by atoms with Gasteiger partial charge in [0.2, 0.25) is 10.0 Å². The zero-order chi connectivity index (χ0) is 18.6. The highest BCUT2D eigenvalue weighted by atomic mass is 32.2. The van der Waals surface area contributed by atoms with E-state index in [2.05, 4.69) is 5.32 Å². The monoisotopic (exact) mass is 364 g/mol. The van der Waals surface area contributed by atoms with Crippen molar-refractivity contribution >= 4 is 21.6 Å². The molecular formula is C17H20N2O5S. The maximum Gasteiger partial charge on any atom is 0.255 e. The van der Waals surface area contributed by atoms with E-state index in [1.165, 1.54) is 46.5 Å². The maximum absolute atomic E-state index is 12.4. The Morgan fingerprint density at radius 3 is 2.16 bits per heavy atom. The van der Waals surface area contributed by atoms with Crippen molar-refractivity contribution in [2.45, 2.75) is 4.90 Å². The molecule has 1 N–H and O–H groups in total. The van der Waals surface area contributed by atoms with Gasteiger partial charge in [-0.15, -0.1) is 0 Å². The van der Waals surface area contributed by atoms with Gasteiger partial charge in [0.15, 0.2) is 0 Å². The molecule has 2 aromatic rings. The Balaban J connectivity index is 2.35. The molecule has 2 rings (SSSR count). The molecule has 1 amide bonds. The molecule has 0 aliphatic heterocycles. The van der Waals surface area contributed by atoms with Crippen LogP contribution >= 0.6 is 0 Å². The van der Waals surface area contributed by atoms with Gasteiger partial charge >= 0.3 is 0 Å². The average Bonchev–Trinajstić information content (AvgIpc) is 2.61. The van der Waals surface area contributed by atoms with E-state index in [1.807, 2.05) is 0 Å². The number of carbonyl (C=O) groups is 1. The van der Waals surface area contributed by atoms with Crippen LogP contribution < -0.4 is 14.8 Å². The van der Waals surface area contributed by atoms with Crippen LogP contribution in [-0.4, -0.2) is 46.9 Å². The van der Waals surface area contributed by atoms with E-state index in [1.54, 1.807) is 24.3 Å². The number of amides is 1. The highest BCUT2D eigenvalue weighted by Gasteiger charge is 2.20. The summed E-state index contributed by atoms with van der Waals surface area (Å²) in [5, 5.41) is 2.68. The molecule has 0 saturated heterocycles. The lowest BCUT2D eigenvalue weighted by Gasteiger charge is -2.15. The zero-order valence-electron chi connectivity index (χ0n) is 14.4. The number of carbonyl (C=O) groups excluding carboxylic acids is 1. The normalized spacial score (nSPS) is 11.2. The van der Waals surface area contributed by atoms with Gasteiger partial charge in [0, 0.05) is 19.7 Å². The molecule has 0 aromatic heterocycles. The molecule has 8 heteroatoms. The summed E-state index contributed by atoms with van der Waals surface area (Å²) in [6, 6.07) is 10.9. The van der Waals surface area contributed by atoms with Gasteiger partial charge in [-0.1, -0.05) is 0 Å². The van der Waals surface area contributed by atoms with Crippen LogP contribution in [0, 0.1) is 0 Å². The molecule has 0 atom stereocenters. The number of nitrogens with zero attached hydrogens (tertiary/aromatic N) is 1. The number of rotatable bonds is 6. The number of benzene rings is 2. The van der Waals surface area contributed by atoms with Crippen molar-refractivity contribution in [3.05, 3.63) is 48.0 Å². The summed E-state index contributed by atoms with van der Waals surface area (Å²) in [5.74, 6) is 0.605. The SMILES string of the molecule is COc1ccc(C(=O)Nc2cc(S(=O)(=O)N(C)C)ccc2OC)cc1. The van der Waals surface area contributed by atoms with Gasteiger partial charge in [0.25, 0.3) is 5.91 Å². The Labute approximate surface area is 147 Å². The van der Waals surface area contributed by atoms with Crippen LogP contribution in [0.1, 0.15) is 10.4 Å². The summed E-state index contributed by atoms with van der Waals surface area (Å²) < 4.78 is 35.9. The Kier molecular flexibility index (Phi) is 5.66. The van der Waals surface area contributed by atoms with Gasteiger partial charge in [-0.25, -0.2) is 12.7 Å². The summed E-state index contributed by atoms with van der Waals surface area (Å²) in [4.78, 5) is 12.5. The number of ether oxygens (including phenoxy) is 2. The van der Waals surface area contributed by atoms with Crippen molar-refractivity contribution in [1.29, 1.82) is 0 Å². The Morgan fingerprint density at radius 2 is 1.64 bits per heavy atom. The molecule has 134 valence electrons. The van der Waals surface area contributed by atoms with Crippen molar-refractivity contribution in [2.75, 3.05) is 33.6 Å². The maximum atomic E-state index is 12.4. The molecule has 0 heterocycles. The standard InChI is InChI=1S/C17H20N2O5S/c1-19(2)25(21,22)14-9-10-16(24-4)15(11-14)18-17(20)12-5-7-13(23-3)8-6-12/h5-11H,1-4H3,(H,18,20). The number of hydrogen-bond acceptors (Lipinski definition) is 5. The Morgan fingerprint density at radius 1 is 1.00 bits per heavy atom. The number of hydrogen-bond donors (Lipinski definition) is 1. The fourth-order valence-corrected chi connectivity index (χ4v) is 3.02. The van der Waals surface area contributed by atoms with Crippen LogP contribution in [0.2, 0.25) is 0 Å². The number of nitrogens with one attached hydrogen (secondary N) is 1. The third kappa shape index (κ3) is 4.09. The first kappa shape index (κ1) is 18.8. The summed E-state index contributed by atoms with van der Waals surface area (Å²) >= 11 is 0. The van der Waals surface area contributed by atoms with E-state index >= 15 is 0 Å². The lowest BCUT2D eigenvalue weighted by Crippen LogP contribution is -2.22. The van der Waals surface area contributed by atoms with E-state index in [-0.39, 0.29) is 16.5 Å². The summed E-state index contributed by atoms with van der Waals surface area (Å²) in [5.41, 5.74) is 0.676. The van der Waals surface area contributed by atoms with Crippen LogP contribution in [0.3, 0.4) is 0 Å².